The van der Waals surface area contributed by atoms with Crippen LogP contribution >= 0.6 is 0 Å². The molecule has 2 aromatic heterocycles. The Balaban J connectivity index is 1.61. The van der Waals surface area contributed by atoms with Gasteiger partial charge in [0.25, 0.3) is 0 Å². The minimum Gasteiger partial charge on any atom is -0.496 e. The van der Waals surface area contributed by atoms with Crippen molar-refractivity contribution in [2.75, 3.05) is 19.0 Å². The first-order valence-electron chi connectivity index (χ1n) is 12.6. The lowest BCUT2D eigenvalue weighted by molar-refractivity contribution is -0.137. The lowest BCUT2D eigenvalue weighted by Crippen LogP contribution is -2.36. The molecule has 40 heavy (non-hydrogen) atoms. The van der Waals surface area contributed by atoms with Crippen molar-refractivity contribution in [1.29, 1.82) is 5.26 Å². The number of alkyl halides is 5. The Kier molecular flexibility index (Phi) is 7.08. The van der Waals surface area contributed by atoms with Crippen LogP contribution in [0.15, 0.2) is 42.5 Å². The summed E-state index contributed by atoms with van der Waals surface area (Å²) in [4.78, 5) is 13.3. The number of rotatable bonds is 8. The summed E-state index contributed by atoms with van der Waals surface area (Å²) in [6.07, 6.45) is -4.32. The van der Waals surface area contributed by atoms with Gasteiger partial charge in [-0.05, 0) is 49.1 Å². The lowest BCUT2D eigenvalue weighted by Gasteiger charge is -2.34. The minimum absolute atomic E-state index is 0.111. The predicted octanol–water partition coefficient (Wildman–Crippen LogP) is 6.60. The number of halogens is 5. The van der Waals surface area contributed by atoms with Crippen LogP contribution in [0.5, 0.6) is 5.75 Å². The Morgan fingerprint density at radius 1 is 1.10 bits per heavy atom. The summed E-state index contributed by atoms with van der Waals surface area (Å²) in [6.45, 7) is 2.34. The van der Waals surface area contributed by atoms with Crippen LogP contribution < -0.4 is 10.1 Å². The van der Waals surface area contributed by atoms with E-state index in [1.807, 2.05) is 25.1 Å². The second-order valence-corrected chi connectivity index (χ2v) is 9.95. The molecule has 0 aliphatic heterocycles. The molecular formula is C28H25F5N6O. The van der Waals surface area contributed by atoms with Crippen molar-refractivity contribution in [1.82, 2.24) is 19.5 Å². The molecule has 1 aliphatic carbocycles. The highest BCUT2D eigenvalue weighted by Crippen LogP contribution is 2.44. The third-order valence-corrected chi connectivity index (χ3v) is 6.94. The van der Waals surface area contributed by atoms with Gasteiger partial charge in [0.15, 0.2) is 11.5 Å². The fourth-order valence-electron chi connectivity index (χ4n) is 4.93. The van der Waals surface area contributed by atoms with Gasteiger partial charge in [-0.2, -0.15) is 28.4 Å². The number of fused-ring (bicyclic) bond motifs is 1. The van der Waals surface area contributed by atoms with Gasteiger partial charge in [0.1, 0.15) is 23.2 Å². The Hall–Kier alpha value is -4.27. The lowest BCUT2D eigenvalue weighted by atomic mass is 9.79. The Labute approximate surface area is 226 Å². The molecule has 0 saturated heterocycles. The second-order valence-electron chi connectivity index (χ2n) is 9.95. The Morgan fingerprint density at radius 3 is 2.45 bits per heavy atom. The van der Waals surface area contributed by atoms with Gasteiger partial charge in [-0.15, -0.1) is 0 Å². The second kappa shape index (κ2) is 10.4. The van der Waals surface area contributed by atoms with Crippen molar-refractivity contribution in [3.05, 3.63) is 65.0 Å². The molecule has 7 nitrogen and oxygen atoms in total. The first-order valence-corrected chi connectivity index (χ1v) is 12.6. The van der Waals surface area contributed by atoms with Crippen LogP contribution in [0, 0.1) is 24.2 Å². The summed E-state index contributed by atoms with van der Waals surface area (Å²) in [5.74, 6) is -1.66. The smallest absolute Gasteiger partial charge is 0.416 e. The molecule has 4 aromatic rings. The first-order chi connectivity index (χ1) is 19.0. The molecule has 1 saturated carbocycles. The van der Waals surface area contributed by atoms with Crippen LogP contribution in [0.25, 0.3) is 22.6 Å². The van der Waals surface area contributed by atoms with Gasteiger partial charge in [0.05, 0.1) is 18.2 Å². The molecule has 0 amide bonds. The monoisotopic (exact) mass is 556 g/mol. The van der Waals surface area contributed by atoms with Gasteiger partial charge in [0.2, 0.25) is 11.7 Å². The van der Waals surface area contributed by atoms with Crippen LogP contribution in [-0.4, -0.2) is 39.1 Å². The number of nitrogens with zero attached hydrogens (tertiary/aromatic N) is 5. The van der Waals surface area contributed by atoms with Crippen molar-refractivity contribution in [3.63, 3.8) is 0 Å². The van der Waals surface area contributed by atoms with E-state index in [1.54, 1.807) is 10.6 Å². The number of methoxy groups -OCH3 is 1. The summed E-state index contributed by atoms with van der Waals surface area (Å²) in [5, 5.41) is 12.7. The molecule has 0 unspecified atom stereocenters. The normalized spacial score (nSPS) is 15.1. The van der Waals surface area contributed by atoms with E-state index in [-0.39, 0.29) is 42.6 Å². The van der Waals surface area contributed by atoms with Crippen molar-refractivity contribution >= 4 is 17.0 Å². The van der Waals surface area contributed by atoms with E-state index < -0.39 is 17.7 Å². The van der Waals surface area contributed by atoms with Gasteiger partial charge in [0, 0.05) is 25.9 Å². The van der Waals surface area contributed by atoms with Crippen LogP contribution in [0.3, 0.4) is 0 Å². The Morgan fingerprint density at radius 2 is 1.82 bits per heavy atom. The van der Waals surface area contributed by atoms with Crippen LogP contribution in [-0.2, 0) is 12.7 Å². The molecule has 1 aliphatic rings. The number of anilines is 1. The zero-order valence-corrected chi connectivity index (χ0v) is 21.7. The summed E-state index contributed by atoms with van der Waals surface area (Å²) in [6, 6.07) is 12.2. The first kappa shape index (κ1) is 27.3. The van der Waals surface area contributed by atoms with Crippen molar-refractivity contribution in [2.24, 2.45) is 5.92 Å². The minimum atomic E-state index is -4.47. The zero-order chi connectivity index (χ0) is 28.7. The highest BCUT2D eigenvalue weighted by Gasteiger charge is 2.44. The number of hydrogen-bond donors (Lipinski definition) is 1. The number of nitrogens with one attached hydrogen (secondary N) is 1. The van der Waals surface area contributed by atoms with Crippen molar-refractivity contribution in [2.45, 2.75) is 44.8 Å². The van der Waals surface area contributed by atoms with Gasteiger partial charge < -0.3 is 14.6 Å². The molecule has 0 atom stereocenters. The summed E-state index contributed by atoms with van der Waals surface area (Å²) in [5.41, 5.74) is 1.97. The maximum absolute atomic E-state index is 13.3. The van der Waals surface area contributed by atoms with Gasteiger partial charge in [-0.1, -0.05) is 23.8 Å². The molecule has 1 N–H and O–H groups in total. The largest absolute Gasteiger partial charge is 0.496 e. The van der Waals surface area contributed by atoms with Gasteiger partial charge in [-0.25, -0.2) is 13.8 Å². The topological polar surface area (TPSA) is 88.7 Å². The summed E-state index contributed by atoms with van der Waals surface area (Å²) in [7, 11) is 1.52. The highest BCUT2D eigenvalue weighted by atomic mass is 19.4. The van der Waals surface area contributed by atoms with E-state index in [0.29, 0.717) is 41.2 Å². The zero-order valence-electron chi connectivity index (χ0n) is 21.7. The standard InChI is InChI=1S/C28H25F5N6O/c1-16-3-8-21(40-2)20(11-16)26-38-25-23(39(26)15-17-4-6-19(7-5-17)28(31,32)33)24(36-22(14-34)37-25)35-10-9-18-12-27(29,30)13-18/h3-8,11,18H,9-10,12-13,15H2,1-2H3,(H,35,36,37). The number of aromatic nitrogens is 4. The quantitative estimate of drug-likeness (QED) is 0.246. The number of ether oxygens (including phenoxy) is 1. The fourth-order valence-corrected chi connectivity index (χ4v) is 4.93. The molecular weight excluding hydrogens is 531 g/mol. The van der Waals surface area contributed by atoms with Crippen molar-refractivity contribution < 1.29 is 26.7 Å². The highest BCUT2D eigenvalue weighted by molar-refractivity contribution is 5.88. The SMILES string of the molecule is COc1ccc(C)cc1-c1nc2nc(C#N)nc(NCCC3CC(F)(F)C3)c2n1Cc1ccc(C(F)(F)F)cc1. The number of hydrogen-bond acceptors (Lipinski definition) is 6. The number of imidazole rings is 1. The van der Waals surface area contributed by atoms with E-state index in [2.05, 4.69) is 15.3 Å². The van der Waals surface area contributed by atoms with Crippen LogP contribution in [0.4, 0.5) is 27.8 Å². The molecule has 2 heterocycles. The molecule has 208 valence electrons. The van der Waals surface area contributed by atoms with Crippen molar-refractivity contribution in [3.8, 4) is 23.2 Å². The molecule has 0 spiro atoms. The summed E-state index contributed by atoms with van der Waals surface area (Å²) < 4.78 is 73.4. The molecule has 0 radical (unpaired) electrons. The number of aryl methyl sites for hydroxylation is 1. The fraction of sp³-hybridized carbons (Fsp3) is 0.357. The van der Waals surface area contributed by atoms with Crippen LogP contribution in [0.1, 0.15) is 41.8 Å². The average molecular weight is 557 g/mol. The van der Waals surface area contributed by atoms with E-state index in [9.17, 15) is 27.2 Å². The number of nitriles is 1. The van der Waals surface area contributed by atoms with Gasteiger partial charge in [-0.3, -0.25) is 0 Å². The van der Waals surface area contributed by atoms with E-state index in [4.69, 9.17) is 9.72 Å². The predicted molar refractivity (Wildman–Crippen MR) is 138 cm³/mol. The maximum Gasteiger partial charge on any atom is 0.416 e. The summed E-state index contributed by atoms with van der Waals surface area (Å²) >= 11 is 0. The Bertz CT molecular complexity index is 1580. The van der Waals surface area contributed by atoms with Crippen LogP contribution in [0.2, 0.25) is 0 Å². The molecule has 5 rings (SSSR count). The molecule has 12 heteroatoms. The average Bonchev–Trinajstić information content (AvgIpc) is 3.25. The molecule has 2 aromatic carbocycles. The molecule has 0 bridgehead atoms. The number of benzene rings is 2. The maximum atomic E-state index is 13.3. The third-order valence-electron chi connectivity index (χ3n) is 6.94. The van der Waals surface area contributed by atoms with E-state index >= 15 is 0 Å². The molecule has 1 fully saturated rings. The third kappa shape index (κ3) is 5.54. The van der Waals surface area contributed by atoms with Gasteiger partial charge >= 0.3 is 6.18 Å². The van der Waals surface area contributed by atoms with E-state index in [1.165, 1.54) is 19.2 Å². The van der Waals surface area contributed by atoms with E-state index in [0.717, 1.165) is 17.7 Å².